The average molecular weight is 514 g/mol. The number of carbonyl (C=O) groups is 1. The number of pyridine rings is 1. The molecule has 1 N–H and O–H groups in total. The lowest BCUT2D eigenvalue weighted by molar-refractivity contribution is 0.0965. The molecule has 0 spiro atoms. The van der Waals surface area contributed by atoms with Gasteiger partial charge in [0.2, 0.25) is 0 Å². The maximum atomic E-state index is 12.7. The van der Waals surface area contributed by atoms with Gasteiger partial charge in [-0.3, -0.25) is 4.79 Å². The van der Waals surface area contributed by atoms with Crippen LogP contribution >= 0.6 is 0 Å². The first-order valence-corrected chi connectivity index (χ1v) is 14.6. The van der Waals surface area contributed by atoms with Crippen LogP contribution in [0, 0.1) is 0 Å². The molecule has 3 aliphatic rings. The Balaban J connectivity index is 1.28. The number of likely N-dealkylation sites (tertiary alicyclic amines) is 1. The average Bonchev–Trinajstić information content (AvgIpc) is 3.75. The summed E-state index contributed by atoms with van der Waals surface area (Å²) < 4.78 is 24.2. The summed E-state index contributed by atoms with van der Waals surface area (Å²) in [5.41, 5.74) is 4.50. The third kappa shape index (κ3) is 5.04. The van der Waals surface area contributed by atoms with Crippen molar-refractivity contribution in [2.45, 2.75) is 42.5 Å². The van der Waals surface area contributed by atoms with Crippen LogP contribution in [0.1, 0.15) is 53.1 Å². The molecule has 2 aromatic carbocycles. The van der Waals surface area contributed by atoms with Gasteiger partial charge in [0.25, 0.3) is 5.91 Å². The van der Waals surface area contributed by atoms with Gasteiger partial charge in [-0.15, -0.1) is 0 Å². The number of carbonyl (C=O) groups excluding carboxylic acids is 1. The van der Waals surface area contributed by atoms with Gasteiger partial charge in [-0.1, -0.05) is 24.3 Å². The second-order valence-electron chi connectivity index (χ2n) is 10.2. The predicted molar refractivity (Wildman–Crippen MR) is 145 cm³/mol. The first-order chi connectivity index (χ1) is 17.8. The quantitative estimate of drug-likeness (QED) is 0.500. The van der Waals surface area contributed by atoms with E-state index in [1.165, 1.54) is 56.8 Å². The number of fused-ring (bicyclic) bond motifs is 1. The van der Waals surface area contributed by atoms with Crippen LogP contribution in [0.3, 0.4) is 0 Å². The van der Waals surface area contributed by atoms with E-state index in [1.54, 1.807) is 30.3 Å². The summed E-state index contributed by atoms with van der Waals surface area (Å²) in [7, 11) is -3.37. The number of nitrogens with one attached hydrogen (secondary N) is 1. The van der Waals surface area contributed by atoms with Crippen molar-refractivity contribution in [1.82, 2.24) is 15.2 Å². The lowest BCUT2D eigenvalue weighted by Crippen LogP contribution is -2.34. The Kier molecular flexibility index (Phi) is 6.09. The van der Waals surface area contributed by atoms with Crippen LogP contribution < -0.4 is 10.6 Å². The second kappa shape index (κ2) is 9.43. The molecule has 2 aliphatic heterocycles. The van der Waals surface area contributed by atoms with Crippen LogP contribution in [-0.4, -0.2) is 49.6 Å². The van der Waals surface area contributed by atoms with Gasteiger partial charge in [0, 0.05) is 29.7 Å². The minimum atomic E-state index is -3.37. The topological polar surface area (TPSA) is 93.5 Å². The highest BCUT2D eigenvalue weighted by Gasteiger charge is 2.32. The van der Waals surface area contributed by atoms with E-state index in [0.717, 1.165) is 11.7 Å². The van der Waals surface area contributed by atoms with Crippen molar-refractivity contribution < 1.29 is 13.2 Å². The number of piperidine rings is 1. The maximum Gasteiger partial charge on any atom is 0.281 e. The Morgan fingerprint density at radius 2 is 1.73 bits per heavy atom. The summed E-state index contributed by atoms with van der Waals surface area (Å²) in [5.74, 6) is 0.620. The summed E-state index contributed by atoms with van der Waals surface area (Å²) in [6.45, 7) is 2.36. The van der Waals surface area contributed by atoms with Gasteiger partial charge < -0.3 is 10.2 Å². The largest absolute Gasteiger partial charge is 0.340 e. The molecular formula is C29H29N4O3S. The number of nitrogens with zero attached hydrogens (tertiary/aromatic N) is 3. The number of benzene rings is 2. The molecule has 1 amide bonds. The van der Waals surface area contributed by atoms with Crippen molar-refractivity contribution in [1.29, 1.82) is 0 Å². The van der Waals surface area contributed by atoms with Crippen molar-refractivity contribution in [3.8, 4) is 11.3 Å². The van der Waals surface area contributed by atoms with Crippen molar-refractivity contribution in [2.75, 3.05) is 24.7 Å². The van der Waals surface area contributed by atoms with E-state index >= 15 is 0 Å². The predicted octanol–water partition coefficient (Wildman–Crippen LogP) is 4.97. The number of amides is 1. The molecule has 0 atom stereocenters. The lowest BCUT2D eigenvalue weighted by Gasteiger charge is -2.32. The molecule has 3 heterocycles. The molecule has 8 heteroatoms. The highest BCUT2D eigenvalue weighted by Crippen LogP contribution is 2.36. The number of rotatable bonds is 6. The van der Waals surface area contributed by atoms with E-state index < -0.39 is 9.84 Å². The first kappa shape index (κ1) is 23.9. The molecule has 189 valence electrons. The first-order valence-electron chi connectivity index (χ1n) is 12.7. The van der Waals surface area contributed by atoms with Gasteiger partial charge in [-0.05, 0) is 92.2 Å². The minimum Gasteiger partial charge on any atom is -0.340 e. The van der Waals surface area contributed by atoms with Crippen LogP contribution in [0.25, 0.3) is 17.3 Å². The van der Waals surface area contributed by atoms with Gasteiger partial charge in [0.05, 0.1) is 16.2 Å². The Morgan fingerprint density at radius 1 is 0.973 bits per heavy atom. The third-order valence-electron chi connectivity index (χ3n) is 7.51. The van der Waals surface area contributed by atoms with E-state index in [2.05, 4.69) is 27.7 Å². The highest BCUT2D eigenvalue weighted by molar-refractivity contribution is 7.90. The van der Waals surface area contributed by atoms with Gasteiger partial charge >= 0.3 is 0 Å². The molecule has 0 bridgehead atoms. The van der Waals surface area contributed by atoms with Gasteiger partial charge in [-0.25, -0.2) is 18.7 Å². The SMILES string of the molecule is CS(=O)(=O)c1cccc(-c2cc3c(c(Nc4ccc(C5CCN(C6CC6)CC5)cc4)n2)C(=O)[N]C=C3)c1. The number of anilines is 2. The summed E-state index contributed by atoms with van der Waals surface area (Å²) in [6, 6.07) is 17.7. The monoisotopic (exact) mass is 513 g/mol. The zero-order valence-corrected chi connectivity index (χ0v) is 21.5. The second-order valence-corrected chi connectivity index (χ2v) is 12.2. The summed E-state index contributed by atoms with van der Waals surface area (Å²) >= 11 is 0. The summed E-state index contributed by atoms with van der Waals surface area (Å²) in [4.78, 5) is 20.3. The van der Waals surface area contributed by atoms with E-state index in [0.29, 0.717) is 34.1 Å². The third-order valence-corrected chi connectivity index (χ3v) is 8.62. The van der Waals surface area contributed by atoms with E-state index in [9.17, 15) is 13.2 Å². The molecule has 1 saturated carbocycles. The number of hydrogen-bond acceptors (Lipinski definition) is 6. The molecule has 1 aromatic heterocycles. The van der Waals surface area contributed by atoms with Gasteiger partial charge in [0.1, 0.15) is 5.82 Å². The molecule has 0 unspecified atom stereocenters. The molecule has 1 radical (unpaired) electrons. The van der Waals surface area contributed by atoms with Crippen LogP contribution in [0.2, 0.25) is 0 Å². The van der Waals surface area contributed by atoms with Crippen molar-refractivity contribution in [3.05, 3.63) is 77.5 Å². The Labute approximate surface area is 217 Å². The van der Waals surface area contributed by atoms with Crippen molar-refractivity contribution >= 4 is 33.3 Å². The molecule has 2 fully saturated rings. The van der Waals surface area contributed by atoms with Crippen LogP contribution in [0.5, 0.6) is 0 Å². The fraction of sp³-hybridized carbons (Fsp3) is 0.310. The number of sulfone groups is 1. The van der Waals surface area contributed by atoms with Crippen LogP contribution in [0.4, 0.5) is 11.5 Å². The van der Waals surface area contributed by atoms with Gasteiger partial charge in [-0.2, -0.15) is 0 Å². The van der Waals surface area contributed by atoms with E-state index in [-0.39, 0.29) is 10.8 Å². The number of hydrogen-bond donors (Lipinski definition) is 1. The fourth-order valence-electron chi connectivity index (χ4n) is 5.31. The maximum absolute atomic E-state index is 12.7. The van der Waals surface area contributed by atoms with Crippen LogP contribution in [0.15, 0.2) is 65.7 Å². The molecule has 37 heavy (non-hydrogen) atoms. The zero-order valence-electron chi connectivity index (χ0n) is 20.7. The van der Waals surface area contributed by atoms with E-state index in [4.69, 9.17) is 4.98 Å². The Hall–Kier alpha value is -3.49. The normalized spacial score (nSPS) is 18.4. The molecule has 1 saturated heterocycles. The van der Waals surface area contributed by atoms with Crippen LogP contribution in [-0.2, 0) is 9.84 Å². The fourth-order valence-corrected chi connectivity index (χ4v) is 5.97. The van der Waals surface area contributed by atoms with Crippen molar-refractivity contribution in [2.24, 2.45) is 0 Å². The molecule has 1 aliphatic carbocycles. The van der Waals surface area contributed by atoms with E-state index in [1.807, 2.05) is 18.2 Å². The van der Waals surface area contributed by atoms with Gasteiger partial charge in [0.15, 0.2) is 9.84 Å². The summed E-state index contributed by atoms with van der Waals surface area (Å²) in [5, 5.41) is 7.26. The standard InChI is InChI=1S/C29H29N4O3S/c1-37(35,36)25-4-2-3-21(17-25)26-18-22-11-14-30-29(34)27(22)28(32-26)31-23-7-5-19(6-8-23)20-12-15-33(16-13-20)24-9-10-24/h2-8,11,14,17-18,20,24H,9-10,12-13,15-16H2,1H3,(H,31,32). The molecular weight excluding hydrogens is 484 g/mol. The Bertz CT molecular complexity index is 1490. The Morgan fingerprint density at radius 3 is 2.43 bits per heavy atom. The highest BCUT2D eigenvalue weighted by atomic mass is 32.2. The smallest absolute Gasteiger partial charge is 0.281 e. The molecule has 3 aromatic rings. The molecule has 6 rings (SSSR count). The molecule has 7 nitrogen and oxygen atoms in total. The summed E-state index contributed by atoms with van der Waals surface area (Å²) in [6.07, 6.45) is 9.53. The number of aromatic nitrogens is 1. The zero-order chi connectivity index (χ0) is 25.6. The minimum absolute atomic E-state index is 0.221. The lowest BCUT2D eigenvalue weighted by atomic mass is 9.89. The van der Waals surface area contributed by atoms with Crippen molar-refractivity contribution in [3.63, 3.8) is 0 Å².